The Labute approximate surface area is 121 Å². The highest BCUT2D eigenvalue weighted by Crippen LogP contribution is 2.40. The number of likely N-dealkylation sites (tertiary alicyclic amines) is 1. The van der Waals surface area contributed by atoms with Crippen LogP contribution in [0, 0.1) is 5.92 Å². The quantitative estimate of drug-likeness (QED) is 0.894. The van der Waals surface area contributed by atoms with E-state index < -0.39 is 5.97 Å². The Hall–Kier alpha value is -1.35. The molecule has 1 atom stereocenters. The van der Waals surface area contributed by atoms with Gasteiger partial charge in [0.2, 0.25) is 0 Å². The predicted octanol–water partition coefficient (Wildman–Crippen LogP) is 3.50. The molecule has 2 rings (SSSR count). The minimum Gasteiger partial charge on any atom is -0.481 e. The van der Waals surface area contributed by atoms with Crippen molar-refractivity contribution in [3.8, 4) is 0 Å². The van der Waals surface area contributed by atoms with Crippen LogP contribution < -0.4 is 0 Å². The van der Waals surface area contributed by atoms with Gasteiger partial charge in [0.25, 0.3) is 0 Å². The van der Waals surface area contributed by atoms with Gasteiger partial charge in [-0.3, -0.25) is 9.69 Å². The van der Waals surface area contributed by atoms with Crippen LogP contribution >= 0.6 is 0 Å². The molecule has 1 aromatic rings. The molecule has 1 saturated heterocycles. The van der Waals surface area contributed by atoms with Gasteiger partial charge in [0.15, 0.2) is 0 Å². The number of hydrogen-bond donors (Lipinski definition) is 1. The fourth-order valence-electron chi connectivity index (χ4n) is 3.55. The minimum atomic E-state index is -0.715. The van der Waals surface area contributed by atoms with Crippen molar-refractivity contribution in [2.75, 3.05) is 13.1 Å². The molecule has 1 fully saturated rings. The number of carbonyl (C=O) groups is 1. The minimum absolute atomic E-state index is 0.175. The van der Waals surface area contributed by atoms with Crippen LogP contribution in [0.15, 0.2) is 30.3 Å². The third-order valence-corrected chi connectivity index (χ3v) is 4.57. The van der Waals surface area contributed by atoms with Crippen LogP contribution in [0.4, 0.5) is 0 Å². The summed E-state index contributed by atoms with van der Waals surface area (Å²) in [7, 11) is 0. The van der Waals surface area contributed by atoms with Crippen LogP contribution in [0.25, 0.3) is 0 Å². The fourth-order valence-corrected chi connectivity index (χ4v) is 3.55. The summed E-state index contributed by atoms with van der Waals surface area (Å²) in [5.41, 5.74) is 0.757. The van der Waals surface area contributed by atoms with Crippen molar-refractivity contribution in [1.82, 2.24) is 4.90 Å². The standard InChI is InChI=1S/C17H25NO2/c1-14(2)17(13-16(19)20,15-9-5-3-6-10-15)18-11-7-4-8-12-18/h3,5-6,9-10,14H,4,7-8,11-13H2,1-2H3,(H,19,20). The van der Waals surface area contributed by atoms with Gasteiger partial charge in [-0.15, -0.1) is 0 Å². The van der Waals surface area contributed by atoms with Crippen molar-refractivity contribution in [2.45, 2.75) is 45.1 Å². The maximum absolute atomic E-state index is 11.5. The van der Waals surface area contributed by atoms with Crippen molar-refractivity contribution >= 4 is 5.97 Å². The summed E-state index contributed by atoms with van der Waals surface area (Å²) in [6.45, 7) is 6.29. The molecule has 3 heteroatoms. The van der Waals surface area contributed by atoms with Gasteiger partial charge in [-0.25, -0.2) is 0 Å². The maximum Gasteiger partial charge on any atom is 0.305 e. The number of hydrogen-bond acceptors (Lipinski definition) is 2. The van der Waals surface area contributed by atoms with E-state index in [4.69, 9.17) is 0 Å². The van der Waals surface area contributed by atoms with E-state index in [0.29, 0.717) is 0 Å². The largest absolute Gasteiger partial charge is 0.481 e. The molecule has 110 valence electrons. The Balaban J connectivity index is 2.46. The Morgan fingerprint density at radius 3 is 2.30 bits per heavy atom. The SMILES string of the molecule is CC(C)C(CC(=O)O)(c1ccccc1)N1CCCCC1. The molecule has 0 amide bonds. The van der Waals surface area contributed by atoms with Crippen LogP contribution in [0.2, 0.25) is 0 Å². The normalized spacial score (nSPS) is 19.8. The lowest BCUT2D eigenvalue weighted by Crippen LogP contribution is -2.53. The summed E-state index contributed by atoms with van der Waals surface area (Å²) < 4.78 is 0. The molecule has 0 bridgehead atoms. The second-order valence-electron chi connectivity index (χ2n) is 6.06. The van der Waals surface area contributed by atoms with E-state index in [1.807, 2.05) is 18.2 Å². The first kappa shape index (κ1) is 15.0. The Morgan fingerprint density at radius 1 is 1.20 bits per heavy atom. The highest BCUT2D eigenvalue weighted by Gasteiger charge is 2.43. The molecule has 20 heavy (non-hydrogen) atoms. The van der Waals surface area contributed by atoms with Crippen LogP contribution in [0.5, 0.6) is 0 Å². The summed E-state index contributed by atoms with van der Waals surface area (Å²) in [5.74, 6) is -0.452. The molecule has 0 radical (unpaired) electrons. The predicted molar refractivity (Wildman–Crippen MR) is 80.6 cm³/mol. The highest BCUT2D eigenvalue weighted by molar-refractivity contribution is 5.69. The summed E-state index contributed by atoms with van der Waals surface area (Å²) in [6, 6.07) is 10.2. The summed E-state index contributed by atoms with van der Waals surface area (Å²) in [5, 5.41) is 9.46. The molecule has 0 spiro atoms. The topological polar surface area (TPSA) is 40.5 Å². The smallest absolute Gasteiger partial charge is 0.305 e. The van der Waals surface area contributed by atoms with Crippen molar-refractivity contribution in [3.63, 3.8) is 0 Å². The van der Waals surface area contributed by atoms with Gasteiger partial charge in [-0.05, 0) is 37.4 Å². The zero-order valence-corrected chi connectivity index (χ0v) is 12.5. The van der Waals surface area contributed by atoms with Crippen molar-refractivity contribution < 1.29 is 9.90 Å². The van der Waals surface area contributed by atoms with E-state index in [-0.39, 0.29) is 17.9 Å². The fraction of sp³-hybridized carbons (Fsp3) is 0.588. The lowest BCUT2D eigenvalue weighted by Gasteiger charge is -2.48. The van der Waals surface area contributed by atoms with Gasteiger partial charge in [0, 0.05) is 0 Å². The lowest BCUT2D eigenvalue weighted by atomic mass is 9.75. The van der Waals surface area contributed by atoms with E-state index in [9.17, 15) is 9.90 Å². The third-order valence-electron chi connectivity index (χ3n) is 4.57. The number of aliphatic carboxylic acids is 1. The van der Waals surface area contributed by atoms with E-state index in [0.717, 1.165) is 18.7 Å². The Kier molecular flexibility index (Phi) is 4.81. The molecule has 1 unspecified atom stereocenters. The monoisotopic (exact) mass is 275 g/mol. The van der Waals surface area contributed by atoms with Gasteiger partial charge < -0.3 is 5.11 Å². The van der Waals surface area contributed by atoms with E-state index in [2.05, 4.69) is 30.9 Å². The Morgan fingerprint density at radius 2 is 1.80 bits per heavy atom. The van der Waals surface area contributed by atoms with Crippen LogP contribution in [0.1, 0.15) is 45.1 Å². The number of benzene rings is 1. The van der Waals surface area contributed by atoms with Gasteiger partial charge in [-0.1, -0.05) is 50.6 Å². The number of carboxylic acids is 1. The van der Waals surface area contributed by atoms with Gasteiger partial charge in [-0.2, -0.15) is 0 Å². The molecule has 1 heterocycles. The molecule has 0 aliphatic carbocycles. The van der Waals surface area contributed by atoms with E-state index in [1.165, 1.54) is 19.3 Å². The summed E-state index contributed by atoms with van der Waals surface area (Å²) in [4.78, 5) is 13.9. The van der Waals surface area contributed by atoms with Crippen molar-refractivity contribution in [3.05, 3.63) is 35.9 Å². The molecule has 3 nitrogen and oxygen atoms in total. The molecule has 1 aromatic carbocycles. The summed E-state index contributed by atoms with van der Waals surface area (Å²) >= 11 is 0. The second-order valence-corrected chi connectivity index (χ2v) is 6.06. The number of rotatable bonds is 5. The molecular weight excluding hydrogens is 250 g/mol. The van der Waals surface area contributed by atoms with Gasteiger partial charge >= 0.3 is 5.97 Å². The summed E-state index contributed by atoms with van der Waals surface area (Å²) in [6.07, 6.45) is 3.77. The number of carboxylic acid groups (broad SMARTS) is 1. The average Bonchev–Trinajstić information content (AvgIpc) is 2.46. The molecule has 1 aliphatic heterocycles. The van der Waals surface area contributed by atoms with Crippen LogP contribution in [0.3, 0.4) is 0 Å². The zero-order valence-electron chi connectivity index (χ0n) is 12.5. The third kappa shape index (κ3) is 2.88. The molecule has 1 aliphatic rings. The maximum atomic E-state index is 11.5. The van der Waals surface area contributed by atoms with E-state index in [1.54, 1.807) is 0 Å². The molecular formula is C17H25NO2. The van der Waals surface area contributed by atoms with Crippen molar-refractivity contribution in [2.24, 2.45) is 5.92 Å². The van der Waals surface area contributed by atoms with Crippen molar-refractivity contribution in [1.29, 1.82) is 0 Å². The highest BCUT2D eigenvalue weighted by atomic mass is 16.4. The number of piperidine rings is 1. The molecule has 0 aromatic heterocycles. The van der Waals surface area contributed by atoms with Gasteiger partial charge in [0.05, 0.1) is 12.0 Å². The second kappa shape index (κ2) is 6.40. The molecule has 0 saturated carbocycles. The van der Waals surface area contributed by atoms with Crippen LogP contribution in [-0.2, 0) is 10.3 Å². The Bertz CT molecular complexity index is 438. The number of nitrogens with zero attached hydrogens (tertiary/aromatic N) is 1. The first-order valence-electron chi connectivity index (χ1n) is 7.59. The first-order valence-corrected chi connectivity index (χ1v) is 7.59. The average molecular weight is 275 g/mol. The molecule has 1 N–H and O–H groups in total. The van der Waals surface area contributed by atoms with E-state index >= 15 is 0 Å². The van der Waals surface area contributed by atoms with Crippen LogP contribution in [-0.4, -0.2) is 29.1 Å². The zero-order chi connectivity index (χ0) is 14.6. The van der Waals surface area contributed by atoms with Gasteiger partial charge in [0.1, 0.15) is 0 Å². The first-order chi connectivity index (χ1) is 9.57. The lowest BCUT2D eigenvalue weighted by molar-refractivity contribution is -0.142.